The third kappa shape index (κ3) is 11.6. The fourth-order valence-corrected chi connectivity index (χ4v) is 6.13. The van der Waals surface area contributed by atoms with Crippen molar-refractivity contribution in [3.05, 3.63) is 81.4 Å². The van der Waals surface area contributed by atoms with E-state index >= 15 is 0 Å². The van der Waals surface area contributed by atoms with Crippen LogP contribution in [-0.2, 0) is 35.1 Å². The summed E-state index contributed by atoms with van der Waals surface area (Å²) in [6.07, 6.45) is 4.10. The van der Waals surface area contributed by atoms with Crippen LogP contribution in [-0.4, -0.2) is 79.0 Å². The highest BCUT2D eigenvalue weighted by Crippen LogP contribution is 2.43. The number of nitrogens with zero attached hydrogens (tertiary/aromatic N) is 1. The Labute approximate surface area is 290 Å². The van der Waals surface area contributed by atoms with Crippen LogP contribution in [0.25, 0.3) is 0 Å². The molecule has 2 aromatic rings. The first-order valence-corrected chi connectivity index (χ1v) is 16.1. The lowest BCUT2D eigenvalue weighted by atomic mass is 9.86. The van der Waals surface area contributed by atoms with Gasteiger partial charge in [-0.3, -0.25) is 10.1 Å². The molecule has 0 aromatic heterocycles. The zero-order valence-electron chi connectivity index (χ0n) is 30.6. The molecular weight excluding hydrogens is 634 g/mol. The van der Waals surface area contributed by atoms with Gasteiger partial charge in [0.25, 0.3) is 0 Å². The Balaban J connectivity index is 2.37. The Bertz CT molecular complexity index is 1390. The second kappa shape index (κ2) is 20.5. The largest absolute Gasteiger partial charge is 0.497 e. The molecule has 0 aliphatic carbocycles. The molecule has 0 saturated heterocycles. The molecule has 49 heavy (non-hydrogen) atoms. The first kappa shape index (κ1) is 41.2. The normalized spacial score (nSPS) is 16.3. The van der Waals surface area contributed by atoms with E-state index in [1.807, 2.05) is 52.0 Å². The predicted octanol–water partition coefficient (Wildman–Crippen LogP) is 6.90. The number of esters is 1. The number of nitro groups is 1. The quantitative estimate of drug-likeness (QED) is 0.0446. The van der Waals surface area contributed by atoms with E-state index in [-0.39, 0.29) is 47.5 Å². The summed E-state index contributed by atoms with van der Waals surface area (Å²) in [4.78, 5) is 23.2. The van der Waals surface area contributed by atoms with Crippen molar-refractivity contribution in [3.63, 3.8) is 0 Å². The van der Waals surface area contributed by atoms with Crippen molar-refractivity contribution < 1.29 is 47.6 Å². The zero-order chi connectivity index (χ0) is 36.7. The highest BCUT2D eigenvalue weighted by atomic mass is 16.6. The summed E-state index contributed by atoms with van der Waals surface area (Å²) in [5, 5.41) is 11.9. The SMILES string of the molecule is COC(=O)/C=C\[C@H](C)[C@@H](OCc1ccc(OC)cc1)/C(C)=C/[C@H](C)[C@@H](OC)[C@H](C[C@H](C)[C@@H](OC)c1cc(OC)cc([N+](=O)[O-])c1OC)OC. The van der Waals surface area contributed by atoms with E-state index in [4.69, 9.17) is 37.9 Å². The Morgan fingerprint density at radius 1 is 0.857 bits per heavy atom. The maximum Gasteiger partial charge on any atom is 0.330 e. The number of hydrogen-bond donors (Lipinski definition) is 0. The van der Waals surface area contributed by atoms with Gasteiger partial charge in [-0.15, -0.1) is 0 Å². The molecule has 0 bridgehead atoms. The highest BCUT2D eigenvalue weighted by molar-refractivity contribution is 5.81. The molecule has 7 atom stereocenters. The minimum atomic E-state index is -0.579. The summed E-state index contributed by atoms with van der Waals surface area (Å²) in [5.41, 5.74) is 2.22. The van der Waals surface area contributed by atoms with Crippen LogP contribution in [0, 0.1) is 27.9 Å². The van der Waals surface area contributed by atoms with Crippen LogP contribution in [0.1, 0.15) is 51.3 Å². The molecule has 2 aromatic carbocycles. The van der Waals surface area contributed by atoms with Crippen molar-refractivity contribution in [1.82, 2.24) is 0 Å². The number of rotatable bonds is 21. The van der Waals surface area contributed by atoms with Crippen LogP contribution < -0.4 is 14.2 Å². The van der Waals surface area contributed by atoms with Crippen LogP contribution in [0.2, 0.25) is 0 Å². The van der Waals surface area contributed by atoms with Gasteiger partial charge in [0.1, 0.15) is 11.5 Å². The van der Waals surface area contributed by atoms with Crippen molar-refractivity contribution >= 4 is 11.7 Å². The minimum Gasteiger partial charge on any atom is -0.497 e. The second-order valence-electron chi connectivity index (χ2n) is 12.0. The van der Waals surface area contributed by atoms with Gasteiger partial charge in [0, 0.05) is 44.8 Å². The predicted molar refractivity (Wildman–Crippen MR) is 186 cm³/mol. The molecule has 12 nitrogen and oxygen atoms in total. The number of carbonyl (C=O) groups excluding carboxylic acids is 1. The summed E-state index contributed by atoms with van der Waals surface area (Å²) in [7, 11) is 10.6. The lowest BCUT2D eigenvalue weighted by Gasteiger charge is -2.33. The van der Waals surface area contributed by atoms with Crippen molar-refractivity contribution in [2.75, 3.05) is 49.8 Å². The number of carbonyl (C=O) groups is 1. The van der Waals surface area contributed by atoms with Gasteiger partial charge in [-0.2, -0.15) is 0 Å². The van der Waals surface area contributed by atoms with Crippen LogP contribution in [0.4, 0.5) is 5.69 Å². The van der Waals surface area contributed by atoms with Crippen LogP contribution in [0.15, 0.2) is 60.2 Å². The molecule has 0 saturated carbocycles. The van der Waals surface area contributed by atoms with Gasteiger partial charge in [-0.1, -0.05) is 45.1 Å². The Hall–Kier alpha value is -3.97. The maximum absolute atomic E-state index is 11.9. The molecule has 0 aliphatic rings. The molecular formula is C37H53NO11. The Morgan fingerprint density at radius 2 is 1.51 bits per heavy atom. The van der Waals surface area contributed by atoms with E-state index in [9.17, 15) is 14.9 Å². The van der Waals surface area contributed by atoms with Crippen molar-refractivity contribution in [2.45, 2.75) is 65.1 Å². The van der Waals surface area contributed by atoms with Crippen LogP contribution >= 0.6 is 0 Å². The first-order chi connectivity index (χ1) is 23.4. The molecule has 0 N–H and O–H groups in total. The summed E-state index contributed by atoms with van der Waals surface area (Å²) >= 11 is 0. The highest BCUT2D eigenvalue weighted by Gasteiger charge is 2.34. The number of hydrogen-bond acceptors (Lipinski definition) is 11. The molecule has 0 heterocycles. The molecule has 2 rings (SSSR count). The van der Waals surface area contributed by atoms with E-state index in [0.29, 0.717) is 24.3 Å². The number of ether oxygens (including phenoxy) is 8. The van der Waals surface area contributed by atoms with E-state index < -0.39 is 17.0 Å². The fourth-order valence-electron chi connectivity index (χ4n) is 6.13. The van der Waals surface area contributed by atoms with E-state index in [2.05, 4.69) is 6.08 Å². The number of nitro benzene ring substituents is 1. The summed E-state index contributed by atoms with van der Waals surface area (Å²) in [6, 6.07) is 10.7. The average molecular weight is 688 g/mol. The number of methoxy groups -OCH3 is 7. The van der Waals surface area contributed by atoms with Gasteiger partial charge >= 0.3 is 11.7 Å². The first-order valence-electron chi connectivity index (χ1n) is 16.1. The van der Waals surface area contributed by atoms with E-state index in [1.165, 1.54) is 33.5 Å². The van der Waals surface area contributed by atoms with Gasteiger partial charge in [0.2, 0.25) is 5.75 Å². The third-order valence-electron chi connectivity index (χ3n) is 8.63. The average Bonchev–Trinajstić information content (AvgIpc) is 3.10. The van der Waals surface area contributed by atoms with Gasteiger partial charge < -0.3 is 37.9 Å². The van der Waals surface area contributed by atoms with Gasteiger partial charge in [0.15, 0.2) is 0 Å². The smallest absolute Gasteiger partial charge is 0.330 e. The monoisotopic (exact) mass is 687 g/mol. The van der Waals surface area contributed by atoms with Gasteiger partial charge in [0.05, 0.1) is 70.5 Å². The molecule has 0 unspecified atom stereocenters. The van der Waals surface area contributed by atoms with Crippen LogP contribution in [0.3, 0.4) is 0 Å². The molecule has 0 aliphatic heterocycles. The molecule has 0 fully saturated rings. The van der Waals surface area contributed by atoms with E-state index in [1.54, 1.807) is 40.6 Å². The van der Waals surface area contributed by atoms with Gasteiger partial charge in [-0.25, -0.2) is 4.79 Å². The minimum absolute atomic E-state index is 0.115. The second-order valence-corrected chi connectivity index (χ2v) is 12.0. The Kier molecular flexibility index (Phi) is 17.3. The van der Waals surface area contributed by atoms with E-state index in [0.717, 1.165) is 16.9 Å². The number of benzene rings is 2. The summed E-state index contributed by atoms with van der Waals surface area (Å²) in [5.74, 6) is 0.280. The maximum atomic E-state index is 11.9. The molecule has 0 radical (unpaired) electrons. The lowest BCUT2D eigenvalue weighted by molar-refractivity contribution is -0.385. The molecule has 12 heteroatoms. The zero-order valence-corrected chi connectivity index (χ0v) is 30.6. The van der Waals surface area contributed by atoms with Gasteiger partial charge in [-0.05, 0) is 48.6 Å². The topological polar surface area (TPSA) is 134 Å². The summed E-state index contributed by atoms with van der Waals surface area (Å²) in [6.45, 7) is 8.36. The molecule has 0 spiro atoms. The molecule has 272 valence electrons. The fraction of sp³-hybridized carbons (Fsp3) is 0.541. The third-order valence-corrected chi connectivity index (χ3v) is 8.63. The van der Waals surface area contributed by atoms with Crippen LogP contribution in [0.5, 0.6) is 17.2 Å². The van der Waals surface area contributed by atoms with Crippen molar-refractivity contribution in [3.8, 4) is 17.2 Å². The Morgan fingerprint density at radius 3 is 2.02 bits per heavy atom. The lowest BCUT2D eigenvalue weighted by Crippen LogP contribution is -2.37. The molecule has 0 amide bonds. The standard InChI is InChI=1S/C37H53NO11/c1-23(12-17-33(39)45-8)34(49-22-27-13-15-28(42-5)16-14-27)24(2)18-25(3)36(47-10)32(44-7)19-26(4)35(46-9)30-20-29(43-6)21-31(38(40)41)37(30)48-11/h12-18,20-21,23,25-26,32,34-36H,19,22H2,1-11H3/b17-12-,24-18+/t23-,25-,26-,32-,34+,35+,36+/m0/s1. The summed E-state index contributed by atoms with van der Waals surface area (Å²) < 4.78 is 45.3. The van der Waals surface area contributed by atoms with Crippen molar-refractivity contribution in [1.29, 1.82) is 0 Å². The van der Waals surface area contributed by atoms with Crippen molar-refractivity contribution in [2.24, 2.45) is 17.8 Å².